The van der Waals surface area contributed by atoms with E-state index in [-0.39, 0.29) is 11.7 Å². The van der Waals surface area contributed by atoms with Gasteiger partial charge in [0.2, 0.25) is 0 Å². The first-order valence-corrected chi connectivity index (χ1v) is 9.77. The van der Waals surface area contributed by atoms with Gasteiger partial charge in [0.1, 0.15) is 11.6 Å². The molecule has 1 aromatic heterocycles. The van der Waals surface area contributed by atoms with Gasteiger partial charge in [-0.2, -0.15) is 0 Å². The Kier molecular flexibility index (Phi) is 3.66. The molecule has 2 aliphatic heterocycles. The molecule has 0 spiro atoms. The van der Waals surface area contributed by atoms with Crippen LogP contribution in [0.25, 0.3) is 11.3 Å². The first kappa shape index (κ1) is 15.2. The molecule has 0 bridgehead atoms. The first-order chi connectivity index (χ1) is 12.3. The van der Waals surface area contributed by atoms with Crippen LogP contribution < -0.4 is 0 Å². The van der Waals surface area contributed by atoms with Gasteiger partial charge in [0.05, 0.1) is 17.5 Å². The van der Waals surface area contributed by atoms with Gasteiger partial charge >= 0.3 is 0 Å². The average Bonchev–Trinajstić information content (AvgIpc) is 3.32. The van der Waals surface area contributed by atoms with Gasteiger partial charge in [-0.05, 0) is 61.1 Å². The van der Waals surface area contributed by atoms with Gasteiger partial charge in [0.15, 0.2) is 0 Å². The average molecular weight is 351 g/mol. The van der Waals surface area contributed by atoms with Crippen LogP contribution in [0.3, 0.4) is 0 Å². The molecule has 1 aromatic carbocycles. The van der Waals surface area contributed by atoms with Gasteiger partial charge in [0.25, 0.3) is 0 Å². The number of fused-ring (bicyclic) bond motifs is 1. The van der Waals surface area contributed by atoms with E-state index in [1.165, 1.54) is 28.3 Å². The Labute approximate surface area is 150 Å². The molecule has 0 fully saturated rings. The molecule has 3 aliphatic rings. The zero-order valence-corrected chi connectivity index (χ0v) is 14.6. The highest BCUT2D eigenvalue weighted by Gasteiger charge is 2.35. The van der Waals surface area contributed by atoms with Gasteiger partial charge in [-0.25, -0.2) is 4.39 Å². The second-order valence-electron chi connectivity index (χ2n) is 6.67. The predicted octanol–water partition coefficient (Wildman–Crippen LogP) is 6.08. The topological polar surface area (TPSA) is 25.5 Å². The van der Waals surface area contributed by atoms with E-state index in [1.54, 1.807) is 18.4 Å². The number of aliphatic imine (C=N–C) groups is 1. The Morgan fingerprint density at radius 3 is 3.04 bits per heavy atom. The highest BCUT2D eigenvalue weighted by atomic mass is 32.2. The van der Waals surface area contributed by atoms with Crippen molar-refractivity contribution >= 4 is 17.5 Å². The van der Waals surface area contributed by atoms with E-state index in [2.05, 4.69) is 6.08 Å². The molecule has 1 atom stereocenters. The summed E-state index contributed by atoms with van der Waals surface area (Å²) in [5.41, 5.74) is 5.48. The van der Waals surface area contributed by atoms with E-state index in [4.69, 9.17) is 9.41 Å². The van der Waals surface area contributed by atoms with E-state index in [0.717, 1.165) is 30.6 Å². The minimum absolute atomic E-state index is 0.199. The summed E-state index contributed by atoms with van der Waals surface area (Å²) in [5.74, 6) is 1.63. The van der Waals surface area contributed by atoms with Crippen LogP contribution in [0.15, 0.2) is 68.3 Å². The number of hydrogen-bond acceptors (Lipinski definition) is 3. The monoisotopic (exact) mass is 351 g/mol. The van der Waals surface area contributed by atoms with Crippen LogP contribution in [-0.4, -0.2) is 11.5 Å². The lowest BCUT2D eigenvalue weighted by atomic mass is 9.80. The molecule has 0 saturated carbocycles. The van der Waals surface area contributed by atoms with Crippen LogP contribution in [0.1, 0.15) is 37.2 Å². The summed E-state index contributed by atoms with van der Waals surface area (Å²) in [5, 5.41) is 0. The highest BCUT2D eigenvalue weighted by Crippen LogP contribution is 2.50. The molecule has 126 valence electrons. The number of hydrogen-bond donors (Lipinski definition) is 0. The molecule has 0 radical (unpaired) electrons. The van der Waals surface area contributed by atoms with Crippen molar-refractivity contribution in [3.63, 3.8) is 0 Å². The minimum atomic E-state index is -0.241. The molecule has 25 heavy (non-hydrogen) atoms. The number of rotatable bonds is 2. The largest absolute Gasteiger partial charge is 0.464 e. The maximum atomic E-state index is 14.4. The summed E-state index contributed by atoms with van der Waals surface area (Å²) in [4.78, 5) is 6.30. The van der Waals surface area contributed by atoms with E-state index in [0.29, 0.717) is 11.3 Å². The number of nitrogens with zero attached hydrogens (tertiary/aromatic N) is 1. The van der Waals surface area contributed by atoms with Crippen molar-refractivity contribution in [2.75, 3.05) is 5.75 Å². The van der Waals surface area contributed by atoms with Gasteiger partial charge < -0.3 is 4.42 Å². The van der Waals surface area contributed by atoms with Gasteiger partial charge in [0, 0.05) is 22.3 Å². The van der Waals surface area contributed by atoms with Crippen LogP contribution in [0.5, 0.6) is 0 Å². The Morgan fingerprint density at radius 2 is 2.16 bits per heavy atom. The van der Waals surface area contributed by atoms with Crippen LogP contribution in [0.2, 0.25) is 0 Å². The molecule has 2 nitrogen and oxygen atoms in total. The van der Waals surface area contributed by atoms with E-state index < -0.39 is 0 Å². The molecule has 5 rings (SSSR count). The number of halogens is 1. The molecular weight excluding hydrogens is 333 g/mol. The van der Waals surface area contributed by atoms with E-state index >= 15 is 0 Å². The Morgan fingerprint density at radius 1 is 1.20 bits per heavy atom. The third kappa shape index (κ3) is 2.51. The molecule has 1 unspecified atom stereocenters. The van der Waals surface area contributed by atoms with E-state index in [9.17, 15) is 4.39 Å². The number of allylic oxidation sites excluding steroid dienone is 4. The van der Waals surface area contributed by atoms with Crippen molar-refractivity contribution in [3.05, 3.63) is 70.2 Å². The Balaban J connectivity index is 1.66. The van der Waals surface area contributed by atoms with Crippen molar-refractivity contribution in [2.45, 2.75) is 31.6 Å². The van der Waals surface area contributed by atoms with Crippen molar-refractivity contribution in [1.29, 1.82) is 0 Å². The Hall–Kier alpha value is -2.07. The molecule has 1 aliphatic carbocycles. The zero-order chi connectivity index (χ0) is 16.8. The normalized spacial score (nSPS) is 22.4. The van der Waals surface area contributed by atoms with Crippen LogP contribution in [0, 0.1) is 5.82 Å². The lowest BCUT2D eigenvalue weighted by Crippen LogP contribution is -2.20. The lowest BCUT2D eigenvalue weighted by Gasteiger charge is -2.30. The van der Waals surface area contributed by atoms with Crippen molar-refractivity contribution < 1.29 is 8.81 Å². The molecule has 4 heteroatoms. The second-order valence-corrected chi connectivity index (χ2v) is 7.81. The van der Waals surface area contributed by atoms with Crippen molar-refractivity contribution in [3.8, 4) is 11.3 Å². The fraction of sp³-hybridized carbons (Fsp3) is 0.286. The third-order valence-corrected chi connectivity index (χ3v) is 6.34. The minimum Gasteiger partial charge on any atom is -0.464 e. The summed E-state index contributed by atoms with van der Waals surface area (Å²) in [6, 6.07) is 9.06. The van der Waals surface area contributed by atoms with Crippen LogP contribution in [-0.2, 0) is 0 Å². The molecule has 0 N–H and O–H groups in total. The number of thioether (sulfide) groups is 1. The molecule has 2 aromatic rings. The lowest BCUT2D eigenvalue weighted by molar-refractivity contribution is 0.569. The first-order valence-electron chi connectivity index (χ1n) is 8.78. The van der Waals surface area contributed by atoms with E-state index in [1.807, 2.05) is 30.0 Å². The van der Waals surface area contributed by atoms with Gasteiger partial charge in [-0.15, -0.1) is 11.8 Å². The summed E-state index contributed by atoms with van der Waals surface area (Å²) >= 11 is 1.91. The zero-order valence-electron chi connectivity index (χ0n) is 13.8. The third-order valence-electron chi connectivity index (χ3n) is 5.15. The maximum absolute atomic E-state index is 14.4. The predicted molar refractivity (Wildman–Crippen MR) is 100 cm³/mol. The summed E-state index contributed by atoms with van der Waals surface area (Å²) in [6.45, 7) is 0. The second kappa shape index (κ2) is 6.03. The fourth-order valence-electron chi connectivity index (χ4n) is 4.00. The van der Waals surface area contributed by atoms with Crippen molar-refractivity contribution in [1.82, 2.24) is 0 Å². The van der Waals surface area contributed by atoms with Gasteiger partial charge in [-0.1, -0.05) is 12.1 Å². The van der Waals surface area contributed by atoms with Crippen LogP contribution >= 0.6 is 11.8 Å². The summed E-state index contributed by atoms with van der Waals surface area (Å²) < 4.78 is 19.8. The van der Waals surface area contributed by atoms with Gasteiger partial charge in [-0.3, -0.25) is 4.99 Å². The molecule has 0 saturated heterocycles. The fourth-order valence-corrected chi connectivity index (χ4v) is 5.26. The number of furan rings is 1. The summed E-state index contributed by atoms with van der Waals surface area (Å²) in [6.07, 6.45) is 8.29. The molecule has 3 heterocycles. The quantitative estimate of drug-likeness (QED) is 0.655. The highest BCUT2D eigenvalue weighted by molar-refractivity contribution is 8.03. The standard InChI is InChI=1S/C21H18FNOS/c22-16-8-7-13(12-15(16)19-6-3-10-24-19)20-14-4-1-2-5-17(14)23-18-9-11-25-21(18)20/h3-4,6-8,10,12,20H,1-2,5,9,11H2. The maximum Gasteiger partial charge on any atom is 0.136 e. The smallest absolute Gasteiger partial charge is 0.136 e. The molecule has 0 amide bonds. The molecular formula is C21H18FNOS. The van der Waals surface area contributed by atoms with Crippen molar-refractivity contribution in [2.24, 2.45) is 4.99 Å². The van der Waals surface area contributed by atoms with Crippen LogP contribution in [0.4, 0.5) is 4.39 Å². The SMILES string of the molecule is Fc1ccc(C2C3=CCCCC3=NC3=C2SCC3)cc1-c1ccco1. The summed E-state index contributed by atoms with van der Waals surface area (Å²) in [7, 11) is 0. The Bertz CT molecular complexity index is 923. The number of benzene rings is 1.